The van der Waals surface area contributed by atoms with Crippen LogP contribution in [0.25, 0.3) is 22.5 Å². The van der Waals surface area contributed by atoms with E-state index in [0.717, 1.165) is 34.1 Å². The first kappa shape index (κ1) is 20.2. The molecule has 1 amide bonds. The molecule has 0 fully saturated rings. The van der Waals surface area contributed by atoms with Gasteiger partial charge in [-0.05, 0) is 38.8 Å². The first-order chi connectivity index (χ1) is 14.5. The molecule has 9 heteroatoms. The zero-order valence-corrected chi connectivity index (χ0v) is 18.6. The van der Waals surface area contributed by atoms with Crippen LogP contribution >= 0.6 is 15.9 Å². The molecular weight excluding hydrogens is 446 g/mol. The number of nitrogens with zero attached hydrogens (tertiary/aromatic N) is 6. The second-order valence-corrected chi connectivity index (χ2v) is 8.00. The molecule has 0 saturated heterocycles. The molecule has 0 bridgehead atoms. The maximum Gasteiger partial charge on any atom is 0.225 e. The number of nitrogens with one attached hydrogen (secondary N) is 1. The van der Waals surface area contributed by atoms with Crippen molar-refractivity contribution >= 4 is 38.7 Å². The third-order valence-corrected chi connectivity index (χ3v) is 5.32. The van der Waals surface area contributed by atoms with E-state index >= 15 is 0 Å². The Morgan fingerprint density at radius 2 is 1.97 bits per heavy atom. The Labute approximate surface area is 182 Å². The molecule has 8 nitrogen and oxygen atoms in total. The second-order valence-electron chi connectivity index (χ2n) is 7.20. The van der Waals surface area contributed by atoms with Crippen LogP contribution in [0.5, 0.6) is 0 Å². The Balaban J connectivity index is 1.78. The van der Waals surface area contributed by atoms with E-state index in [4.69, 9.17) is 0 Å². The lowest BCUT2D eigenvalue weighted by molar-refractivity contribution is -0.116. The number of halogens is 1. The molecule has 0 aliphatic rings. The molecule has 0 unspecified atom stereocenters. The lowest BCUT2D eigenvalue weighted by atomic mass is 10.1. The van der Waals surface area contributed by atoms with Crippen LogP contribution in [-0.2, 0) is 4.79 Å². The van der Waals surface area contributed by atoms with Gasteiger partial charge in [0.15, 0.2) is 11.5 Å². The van der Waals surface area contributed by atoms with Gasteiger partial charge in [-0.3, -0.25) is 4.79 Å². The number of anilines is 1. The minimum Gasteiger partial charge on any atom is -0.311 e. The summed E-state index contributed by atoms with van der Waals surface area (Å²) in [5.41, 5.74) is 4.71. The van der Waals surface area contributed by atoms with Crippen LogP contribution in [0.3, 0.4) is 0 Å². The van der Waals surface area contributed by atoms with Crippen molar-refractivity contribution in [1.29, 1.82) is 0 Å². The van der Waals surface area contributed by atoms with Gasteiger partial charge in [-0.25, -0.2) is 14.6 Å². The van der Waals surface area contributed by atoms with Crippen LogP contribution in [0.2, 0.25) is 0 Å². The fourth-order valence-electron chi connectivity index (χ4n) is 3.40. The van der Waals surface area contributed by atoms with Crippen molar-refractivity contribution in [3.05, 3.63) is 53.6 Å². The van der Waals surface area contributed by atoms with E-state index in [1.54, 1.807) is 15.6 Å². The average Bonchev–Trinajstić information content (AvgIpc) is 3.29. The van der Waals surface area contributed by atoms with Gasteiger partial charge in [-0.2, -0.15) is 14.9 Å². The van der Waals surface area contributed by atoms with Crippen LogP contribution in [0.4, 0.5) is 5.82 Å². The minimum absolute atomic E-state index is 0.0631. The molecule has 0 atom stereocenters. The zero-order chi connectivity index (χ0) is 21.3. The summed E-state index contributed by atoms with van der Waals surface area (Å²) in [6.07, 6.45) is 4.42. The number of hydrogen-bond donors (Lipinski definition) is 1. The van der Waals surface area contributed by atoms with Crippen LogP contribution < -0.4 is 5.32 Å². The number of aryl methyl sites for hydroxylation is 3. The first-order valence-electron chi connectivity index (χ1n) is 9.67. The molecule has 1 aromatic carbocycles. The van der Waals surface area contributed by atoms with Gasteiger partial charge in [0, 0.05) is 17.8 Å². The third-order valence-electron chi connectivity index (χ3n) is 4.76. The average molecular weight is 468 g/mol. The van der Waals surface area contributed by atoms with Crippen LogP contribution in [0.15, 0.2) is 36.8 Å². The molecule has 4 rings (SSSR count). The summed E-state index contributed by atoms with van der Waals surface area (Å²) in [7, 11) is 0. The number of fused-ring (bicyclic) bond motifs is 1. The summed E-state index contributed by atoms with van der Waals surface area (Å²) < 4.78 is 3.44. The van der Waals surface area contributed by atoms with Gasteiger partial charge < -0.3 is 5.32 Å². The van der Waals surface area contributed by atoms with E-state index < -0.39 is 0 Å². The third kappa shape index (κ3) is 3.85. The molecule has 1 N–H and O–H groups in total. The number of amides is 1. The Kier molecular flexibility index (Phi) is 5.63. The summed E-state index contributed by atoms with van der Waals surface area (Å²) in [6.45, 7) is 5.99. The molecule has 0 aliphatic heterocycles. The molecular formula is C21H22BrN7O. The number of carbonyl (C=O) groups excluding carboxylic acids is 1. The number of rotatable bonds is 6. The van der Waals surface area contributed by atoms with E-state index in [1.807, 2.05) is 19.1 Å². The number of benzene rings is 1. The molecule has 0 aliphatic carbocycles. The minimum atomic E-state index is -0.0631. The first-order valence-corrected chi connectivity index (χ1v) is 10.8. The Hall–Kier alpha value is -3.07. The van der Waals surface area contributed by atoms with Gasteiger partial charge in [0.1, 0.15) is 12.1 Å². The number of aromatic nitrogens is 6. The summed E-state index contributed by atoms with van der Waals surface area (Å²) >= 11 is 3.35. The highest BCUT2D eigenvalue weighted by Crippen LogP contribution is 2.25. The summed E-state index contributed by atoms with van der Waals surface area (Å²) in [5.74, 6) is 1.08. The van der Waals surface area contributed by atoms with E-state index in [1.165, 1.54) is 11.9 Å². The molecule has 154 valence electrons. The number of alkyl halides is 1. The maximum absolute atomic E-state index is 12.3. The molecule has 3 heterocycles. The predicted octanol–water partition coefficient (Wildman–Crippen LogP) is 4.04. The van der Waals surface area contributed by atoms with Crippen molar-refractivity contribution < 1.29 is 4.79 Å². The van der Waals surface area contributed by atoms with Crippen LogP contribution in [0.1, 0.15) is 29.7 Å². The van der Waals surface area contributed by atoms with Gasteiger partial charge in [-0.15, -0.1) is 0 Å². The van der Waals surface area contributed by atoms with Crippen molar-refractivity contribution in [3.63, 3.8) is 0 Å². The SMILES string of the molecule is Cc1ccc(-n2ncc3c(-n4nc(C)cc4NC(=O)CCCBr)ncnc32)c(C)c1. The van der Waals surface area contributed by atoms with Gasteiger partial charge in [0.2, 0.25) is 5.91 Å². The topological polar surface area (TPSA) is 90.5 Å². The molecule has 3 aromatic heterocycles. The standard InChI is InChI=1S/C21H22BrN7O/c1-13-6-7-17(14(2)9-13)28-20-16(11-25-28)21(24-12-23-20)29-18(10-15(3)27-29)26-19(30)5-4-8-22/h6-7,9-12H,4-5,8H2,1-3H3,(H,26,30). The number of hydrogen-bond acceptors (Lipinski definition) is 5. The van der Waals surface area contributed by atoms with Crippen molar-refractivity contribution in [2.24, 2.45) is 0 Å². The monoisotopic (exact) mass is 467 g/mol. The Morgan fingerprint density at radius 3 is 2.73 bits per heavy atom. The Morgan fingerprint density at radius 1 is 1.13 bits per heavy atom. The lowest BCUT2D eigenvalue weighted by Gasteiger charge is -2.10. The molecule has 4 aromatic rings. The predicted molar refractivity (Wildman–Crippen MR) is 120 cm³/mol. The highest BCUT2D eigenvalue weighted by atomic mass is 79.9. The largest absolute Gasteiger partial charge is 0.311 e. The fourth-order valence-corrected chi connectivity index (χ4v) is 3.68. The van der Waals surface area contributed by atoms with Crippen LogP contribution in [0, 0.1) is 20.8 Å². The fraction of sp³-hybridized carbons (Fsp3) is 0.286. The van der Waals surface area contributed by atoms with Gasteiger partial charge >= 0.3 is 0 Å². The van der Waals surface area contributed by atoms with E-state index in [-0.39, 0.29) is 5.91 Å². The lowest BCUT2D eigenvalue weighted by Crippen LogP contribution is -2.15. The van der Waals surface area contributed by atoms with Crippen molar-refractivity contribution in [3.8, 4) is 11.5 Å². The van der Waals surface area contributed by atoms with E-state index in [2.05, 4.69) is 67.4 Å². The molecule has 0 saturated carbocycles. The smallest absolute Gasteiger partial charge is 0.225 e. The molecule has 0 radical (unpaired) electrons. The summed E-state index contributed by atoms with van der Waals surface area (Å²) in [5, 5.41) is 13.6. The van der Waals surface area contributed by atoms with Crippen molar-refractivity contribution in [2.45, 2.75) is 33.6 Å². The summed E-state index contributed by atoms with van der Waals surface area (Å²) in [4.78, 5) is 21.2. The Bertz CT molecular complexity index is 1230. The highest BCUT2D eigenvalue weighted by molar-refractivity contribution is 9.09. The van der Waals surface area contributed by atoms with Gasteiger partial charge in [-0.1, -0.05) is 33.6 Å². The quantitative estimate of drug-likeness (QED) is 0.432. The molecule has 0 spiro atoms. The van der Waals surface area contributed by atoms with Crippen molar-refractivity contribution in [2.75, 3.05) is 10.6 Å². The van der Waals surface area contributed by atoms with Gasteiger partial charge in [0.05, 0.1) is 23.0 Å². The van der Waals surface area contributed by atoms with E-state index in [0.29, 0.717) is 23.7 Å². The van der Waals surface area contributed by atoms with Crippen LogP contribution in [-0.4, -0.2) is 40.8 Å². The van der Waals surface area contributed by atoms with E-state index in [9.17, 15) is 4.79 Å². The normalized spacial score (nSPS) is 11.2. The maximum atomic E-state index is 12.3. The second kappa shape index (κ2) is 8.35. The summed E-state index contributed by atoms with van der Waals surface area (Å²) in [6, 6.07) is 8.03. The van der Waals surface area contributed by atoms with Gasteiger partial charge in [0.25, 0.3) is 0 Å². The molecule has 30 heavy (non-hydrogen) atoms. The zero-order valence-electron chi connectivity index (χ0n) is 17.1. The highest BCUT2D eigenvalue weighted by Gasteiger charge is 2.18. The number of carbonyl (C=O) groups is 1. The van der Waals surface area contributed by atoms with Crippen molar-refractivity contribution in [1.82, 2.24) is 29.5 Å².